The molecule has 0 radical (unpaired) electrons. The number of nitrogens with two attached hydrogens (primary N) is 1. The molecule has 1 unspecified atom stereocenters. The van der Waals surface area contributed by atoms with Crippen molar-refractivity contribution in [3.63, 3.8) is 0 Å². The first-order valence-corrected chi connectivity index (χ1v) is 4.99. The topological polar surface area (TPSA) is 26.0 Å². The zero-order valence-electron chi connectivity index (χ0n) is 6.92. The molecule has 62 valence electrons. The minimum absolute atomic E-state index is 0.360. The molecule has 0 spiro atoms. The van der Waals surface area contributed by atoms with Gasteiger partial charge in [-0.05, 0) is 24.3 Å². The number of rotatable bonds is 4. The van der Waals surface area contributed by atoms with Gasteiger partial charge >= 0.3 is 0 Å². The van der Waals surface area contributed by atoms with Crippen LogP contribution in [0.1, 0.15) is 24.6 Å². The van der Waals surface area contributed by atoms with Crippen LogP contribution in [0.3, 0.4) is 0 Å². The molecular weight excluding hydrogens is 154 g/mol. The van der Waals surface area contributed by atoms with E-state index in [1.165, 1.54) is 11.3 Å². The van der Waals surface area contributed by atoms with Crippen LogP contribution in [0.15, 0.2) is 17.5 Å². The molecule has 2 heteroatoms. The van der Waals surface area contributed by atoms with Crippen LogP contribution in [0.2, 0.25) is 0 Å². The van der Waals surface area contributed by atoms with Crippen molar-refractivity contribution in [1.82, 2.24) is 0 Å². The van der Waals surface area contributed by atoms with Gasteiger partial charge in [-0.1, -0.05) is 19.4 Å². The van der Waals surface area contributed by atoms with E-state index >= 15 is 0 Å². The second kappa shape index (κ2) is 4.52. The van der Waals surface area contributed by atoms with E-state index < -0.39 is 0 Å². The maximum absolute atomic E-state index is 5.88. The van der Waals surface area contributed by atoms with Crippen molar-refractivity contribution in [3.05, 3.63) is 22.4 Å². The van der Waals surface area contributed by atoms with E-state index in [0.29, 0.717) is 6.04 Å². The van der Waals surface area contributed by atoms with E-state index in [9.17, 15) is 0 Å². The summed E-state index contributed by atoms with van der Waals surface area (Å²) in [5.74, 6) is 0. The van der Waals surface area contributed by atoms with Crippen LogP contribution >= 0.6 is 11.3 Å². The lowest BCUT2D eigenvalue weighted by Gasteiger charge is -2.07. The molecule has 0 aliphatic carbocycles. The molecule has 1 aromatic heterocycles. The molecule has 0 aliphatic rings. The molecule has 0 fully saturated rings. The molecular formula is C9H15NS. The fraction of sp³-hybridized carbons (Fsp3) is 0.556. The van der Waals surface area contributed by atoms with Crippen molar-refractivity contribution in [1.29, 1.82) is 0 Å². The quantitative estimate of drug-likeness (QED) is 0.736. The highest BCUT2D eigenvalue weighted by Gasteiger charge is 2.02. The molecule has 0 aliphatic heterocycles. The van der Waals surface area contributed by atoms with Gasteiger partial charge in [0.2, 0.25) is 0 Å². The van der Waals surface area contributed by atoms with E-state index in [1.807, 2.05) is 0 Å². The van der Waals surface area contributed by atoms with Gasteiger partial charge in [-0.15, -0.1) is 11.3 Å². The Bertz CT molecular complexity index is 181. The third-order valence-electron chi connectivity index (χ3n) is 1.70. The summed E-state index contributed by atoms with van der Waals surface area (Å²) >= 11 is 1.80. The Morgan fingerprint density at radius 1 is 1.64 bits per heavy atom. The van der Waals surface area contributed by atoms with Crippen molar-refractivity contribution in [2.45, 2.75) is 32.2 Å². The third-order valence-corrected chi connectivity index (χ3v) is 2.60. The summed E-state index contributed by atoms with van der Waals surface area (Å²) in [5.41, 5.74) is 5.88. The minimum Gasteiger partial charge on any atom is -0.327 e. The SMILES string of the molecule is CCCC(N)Cc1cccs1. The smallest absolute Gasteiger partial charge is 0.00870 e. The van der Waals surface area contributed by atoms with E-state index in [4.69, 9.17) is 5.73 Å². The molecule has 2 N–H and O–H groups in total. The summed E-state index contributed by atoms with van der Waals surface area (Å²) in [6.07, 6.45) is 3.37. The molecule has 11 heavy (non-hydrogen) atoms. The molecule has 0 amide bonds. The molecule has 1 nitrogen and oxygen atoms in total. The monoisotopic (exact) mass is 169 g/mol. The van der Waals surface area contributed by atoms with Gasteiger partial charge in [0, 0.05) is 10.9 Å². The third kappa shape index (κ3) is 3.04. The van der Waals surface area contributed by atoms with Gasteiger partial charge in [-0.2, -0.15) is 0 Å². The molecule has 0 saturated carbocycles. The van der Waals surface area contributed by atoms with Crippen molar-refractivity contribution in [2.75, 3.05) is 0 Å². The Balaban J connectivity index is 2.31. The Kier molecular flexibility index (Phi) is 3.60. The lowest BCUT2D eigenvalue weighted by Crippen LogP contribution is -2.21. The lowest BCUT2D eigenvalue weighted by atomic mass is 10.1. The molecule has 1 atom stereocenters. The van der Waals surface area contributed by atoms with Crippen LogP contribution in [-0.2, 0) is 6.42 Å². The van der Waals surface area contributed by atoms with Crippen molar-refractivity contribution in [2.24, 2.45) is 5.73 Å². The normalized spacial score (nSPS) is 13.3. The zero-order valence-corrected chi connectivity index (χ0v) is 7.73. The number of hydrogen-bond donors (Lipinski definition) is 1. The van der Waals surface area contributed by atoms with E-state index in [0.717, 1.165) is 12.8 Å². The van der Waals surface area contributed by atoms with Gasteiger partial charge in [0.25, 0.3) is 0 Å². The highest BCUT2D eigenvalue weighted by molar-refractivity contribution is 7.09. The molecule has 0 saturated heterocycles. The summed E-state index contributed by atoms with van der Waals surface area (Å²) in [4.78, 5) is 1.41. The first kappa shape index (κ1) is 8.75. The van der Waals surface area contributed by atoms with Gasteiger partial charge < -0.3 is 5.73 Å². The van der Waals surface area contributed by atoms with Crippen molar-refractivity contribution in [3.8, 4) is 0 Å². The van der Waals surface area contributed by atoms with E-state index in [2.05, 4.69) is 24.4 Å². The van der Waals surface area contributed by atoms with Gasteiger partial charge in [-0.3, -0.25) is 0 Å². The second-order valence-corrected chi connectivity index (χ2v) is 3.86. The van der Waals surface area contributed by atoms with Crippen LogP contribution in [0.4, 0.5) is 0 Å². The Morgan fingerprint density at radius 3 is 3.00 bits per heavy atom. The summed E-state index contributed by atoms with van der Waals surface area (Å²) in [7, 11) is 0. The van der Waals surface area contributed by atoms with Crippen LogP contribution in [0, 0.1) is 0 Å². The summed E-state index contributed by atoms with van der Waals surface area (Å²) < 4.78 is 0. The second-order valence-electron chi connectivity index (χ2n) is 2.83. The number of thiophene rings is 1. The molecule has 0 bridgehead atoms. The van der Waals surface area contributed by atoms with Crippen LogP contribution < -0.4 is 5.73 Å². The maximum Gasteiger partial charge on any atom is 0.00870 e. The highest BCUT2D eigenvalue weighted by atomic mass is 32.1. The molecule has 1 heterocycles. The van der Waals surface area contributed by atoms with E-state index in [1.54, 1.807) is 11.3 Å². The lowest BCUT2D eigenvalue weighted by molar-refractivity contribution is 0.604. The van der Waals surface area contributed by atoms with Gasteiger partial charge in [0.1, 0.15) is 0 Å². The van der Waals surface area contributed by atoms with Crippen molar-refractivity contribution >= 4 is 11.3 Å². The fourth-order valence-corrected chi connectivity index (χ4v) is 1.96. The highest BCUT2D eigenvalue weighted by Crippen LogP contribution is 2.11. The van der Waals surface area contributed by atoms with Gasteiger partial charge in [0.05, 0.1) is 0 Å². The predicted octanol–water partition coefficient (Wildman–Crippen LogP) is 2.42. The summed E-state index contributed by atoms with van der Waals surface area (Å²) in [6.45, 7) is 2.17. The van der Waals surface area contributed by atoms with Gasteiger partial charge in [-0.25, -0.2) is 0 Å². The fourth-order valence-electron chi connectivity index (χ4n) is 1.16. The van der Waals surface area contributed by atoms with Crippen LogP contribution in [-0.4, -0.2) is 6.04 Å². The van der Waals surface area contributed by atoms with Crippen molar-refractivity contribution < 1.29 is 0 Å². The molecule has 1 aromatic rings. The maximum atomic E-state index is 5.88. The zero-order chi connectivity index (χ0) is 8.10. The van der Waals surface area contributed by atoms with Crippen LogP contribution in [0.5, 0.6) is 0 Å². The summed E-state index contributed by atoms with van der Waals surface area (Å²) in [6, 6.07) is 4.59. The minimum atomic E-state index is 0.360. The largest absolute Gasteiger partial charge is 0.327 e. The van der Waals surface area contributed by atoms with Gasteiger partial charge in [0.15, 0.2) is 0 Å². The average Bonchev–Trinajstić information content (AvgIpc) is 2.40. The number of hydrogen-bond acceptors (Lipinski definition) is 2. The molecule has 0 aromatic carbocycles. The average molecular weight is 169 g/mol. The standard InChI is InChI=1S/C9H15NS/c1-2-4-8(10)7-9-5-3-6-11-9/h3,5-6,8H,2,4,7,10H2,1H3. The molecule has 1 rings (SSSR count). The Labute approximate surface area is 72.2 Å². The first-order valence-electron chi connectivity index (χ1n) is 4.11. The Hall–Kier alpha value is -0.340. The first-order chi connectivity index (χ1) is 5.33. The van der Waals surface area contributed by atoms with Crippen LogP contribution in [0.25, 0.3) is 0 Å². The Morgan fingerprint density at radius 2 is 2.45 bits per heavy atom. The predicted molar refractivity (Wildman–Crippen MR) is 50.9 cm³/mol. The summed E-state index contributed by atoms with van der Waals surface area (Å²) in [5, 5.41) is 2.11. The van der Waals surface area contributed by atoms with E-state index in [-0.39, 0.29) is 0 Å².